The molecular weight excluding hydrogens is 439 g/mol. The van der Waals surface area contributed by atoms with E-state index in [1.807, 2.05) is 12.1 Å². The lowest BCUT2D eigenvalue weighted by atomic mass is 9.68. The van der Waals surface area contributed by atoms with Gasteiger partial charge in [-0.15, -0.1) is 0 Å². The first kappa shape index (κ1) is 23.3. The van der Waals surface area contributed by atoms with Crippen molar-refractivity contribution in [3.8, 4) is 22.3 Å². The summed E-state index contributed by atoms with van der Waals surface area (Å²) in [4.78, 5) is 0. The molecule has 0 fully saturated rings. The Balaban J connectivity index is 1.72. The fourth-order valence-electron chi connectivity index (χ4n) is 6.64. The van der Waals surface area contributed by atoms with Crippen LogP contribution in [-0.4, -0.2) is 17.2 Å². The van der Waals surface area contributed by atoms with E-state index in [4.69, 9.17) is 0 Å². The average molecular weight is 472 g/mol. The fourth-order valence-corrected chi connectivity index (χ4v) is 6.64. The Labute approximate surface area is 214 Å². The number of fused-ring (bicyclic) bond motifs is 10. The van der Waals surface area contributed by atoms with Crippen molar-refractivity contribution in [3.63, 3.8) is 0 Å². The maximum Gasteiger partial charge on any atom is 0.489 e. The maximum atomic E-state index is 10.4. The third kappa shape index (κ3) is 3.26. The molecule has 2 nitrogen and oxygen atoms in total. The summed E-state index contributed by atoms with van der Waals surface area (Å²) < 4.78 is 0. The van der Waals surface area contributed by atoms with Crippen LogP contribution in [-0.2, 0) is 18.3 Å². The highest BCUT2D eigenvalue weighted by molar-refractivity contribution is 6.60. The highest BCUT2D eigenvalue weighted by atomic mass is 16.4. The molecule has 0 aromatic heterocycles. The first-order valence-electron chi connectivity index (χ1n) is 13.5. The molecule has 0 aliphatic heterocycles. The Morgan fingerprint density at radius 2 is 1.19 bits per heavy atom. The molecule has 0 amide bonds. The minimum Gasteiger partial charge on any atom is -0.423 e. The van der Waals surface area contributed by atoms with Crippen LogP contribution < -0.4 is 5.46 Å². The maximum absolute atomic E-state index is 10.4. The molecule has 0 saturated carbocycles. The van der Waals surface area contributed by atoms with Crippen LogP contribution in [0, 0.1) is 0 Å². The monoisotopic (exact) mass is 472 g/mol. The highest BCUT2D eigenvalue weighted by Gasteiger charge is 2.52. The first-order chi connectivity index (χ1) is 17.6. The van der Waals surface area contributed by atoms with E-state index in [0.717, 1.165) is 29.5 Å². The van der Waals surface area contributed by atoms with Gasteiger partial charge in [0.1, 0.15) is 0 Å². The van der Waals surface area contributed by atoms with Crippen molar-refractivity contribution in [2.75, 3.05) is 0 Å². The van der Waals surface area contributed by atoms with Crippen molar-refractivity contribution in [1.82, 2.24) is 0 Å². The van der Waals surface area contributed by atoms with Gasteiger partial charge in [-0.3, -0.25) is 0 Å². The predicted octanol–water partition coefficient (Wildman–Crippen LogP) is 6.40. The van der Waals surface area contributed by atoms with E-state index in [9.17, 15) is 10.0 Å². The van der Waals surface area contributed by atoms with E-state index < -0.39 is 12.5 Å². The van der Waals surface area contributed by atoms with Gasteiger partial charge in [-0.2, -0.15) is 0 Å². The molecule has 2 aliphatic carbocycles. The van der Waals surface area contributed by atoms with Crippen LogP contribution in [0.25, 0.3) is 22.3 Å². The summed E-state index contributed by atoms with van der Waals surface area (Å²) in [5.74, 6) is 0. The molecule has 0 heterocycles. The van der Waals surface area contributed by atoms with E-state index in [1.165, 1.54) is 64.6 Å². The molecule has 1 spiro atoms. The molecule has 4 aromatic carbocycles. The molecule has 0 unspecified atom stereocenters. The minimum atomic E-state index is -1.52. The van der Waals surface area contributed by atoms with Gasteiger partial charge in [0.2, 0.25) is 0 Å². The molecule has 6 rings (SSSR count). The average Bonchev–Trinajstić information content (AvgIpc) is 3.37. The summed E-state index contributed by atoms with van der Waals surface area (Å²) in [6.07, 6.45) is 6.84. The van der Waals surface area contributed by atoms with Crippen molar-refractivity contribution in [1.29, 1.82) is 0 Å². The van der Waals surface area contributed by atoms with Gasteiger partial charge >= 0.3 is 7.12 Å². The molecule has 0 atom stereocenters. The molecule has 180 valence electrons. The zero-order valence-electron chi connectivity index (χ0n) is 21.2. The molecule has 4 aromatic rings. The second-order valence-corrected chi connectivity index (χ2v) is 10.4. The van der Waals surface area contributed by atoms with Gasteiger partial charge in [0.15, 0.2) is 0 Å². The largest absolute Gasteiger partial charge is 0.489 e. The predicted molar refractivity (Wildman–Crippen MR) is 150 cm³/mol. The Hall–Kier alpha value is -3.14. The van der Waals surface area contributed by atoms with Crippen LogP contribution in [0.5, 0.6) is 0 Å². The smallest absolute Gasteiger partial charge is 0.423 e. The lowest BCUT2D eigenvalue weighted by Crippen LogP contribution is -2.33. The summed E-state index contributed by atoms with van der Waals surface area (Å²) in [6, 6.07) is 28.8. The van der Waals surface area contributed by atoms with Crippen molar-refractivity contribution >= 4 is 12.6 Å². The van der Waals surface area contributed by atoms with E-state index in [0.29, 0.717) is 5.46 Å². The molecule has 2 N–H and O–H groups in total. The third-order valence-corrected chi connectivity index (χ3v) is 8.28. The first-order valence-corrected chi connectivity index (χ1v) is 13.5. The summed E-state index contributed by atoms with van der Waals surface area (Å²) in [5.41, 5.74) is 12.6. The molecule has 36 heavy (non-hydrogen) atoms. The SMILES string of the molecule is CCCCc1ccc2c(c1)C1(c3cc(CCCC)ccc3-2)c2ccccc2-c2c(B(O)O)cccc21. The van der Waals surface area contributed by atoms with Crippen LogP contribution >= 0.6 is 0 Å². The zero-order valence-corrected chi connectivity index (χ0v) is 21.2. The number of unbranched alkanes of at least 4 members (excludes halogenated alkanes) is 2. The zero-order chi connectivity index (χ0) is 24.9. The minimum absolute atomic E-state index is 0.452. The lowest BCUT2D eigenvalue weighted by Gasteiger charge is -2.31. The van der Waals surface area contributed by atoms with Crippen molar-refractivity contribution in [2.45, 2.75) is 57.8 Å². The number of rotatable bonds is 7. The summed E-state index contributed by atoms with van der Waals surface area (Å²) in [6.45, 7) is 4.49. The summed E-state index contributed by atoms with van der Waals surface area (Å²) in [7, 11) is -1.52. The molecule has 0 radical (unpaired) electrons. The Morgan fingerprint density at radius 3 is 1.78 bits per heavy atom. The van der Waals surface area contributed by atoms with Crippen LogP contribution in [0.3, 0.4) is 0 Å². The van der Waals surface area contributed by atoms with E-state index in [-0.39, 0.29) is 0 Å². The van der Waals surface area contributed by atoms with Gasteiger partial charge in [0.05, 0.1) is 5.41 Å². The van der Waals surface area contributed by atoms with Crippen molar-refractivity contribution < 1.29 is 10.0 Å². The van der Waals surface area contributed by atoms with Crippen molar-refractivity contribution in [3.05, 3.63) is 112 Å². The second kappa shape index (κ2) is 9.07. The van der Waals surface area contributed by atoms with Gasteiger partial charge in [0.25, 0.3) is 0 Å². The second-order valence-electron chi connectivity index (χ2n) is 10.4. The van der Waals surface area contributed by atoms with Gasteiger partial charge in [-0.25, -0.2) is 0 Å². The van der Waals surface area contributed by atoms with E-state index in [2.05, 4.69) is 80.6 Å². The van der Waals surface area contributed by atoms with Gasteiger partial charge in [-0.1, -0.05) is 106 Å². The van der Waals surface area contributed by atoms with E-state index in [1.54, 1.807) is 0 Å². The Morgan fingerprint density at radius 1 is 0.611 bits per heavy atom. The normalized spacial score (nSPS) is 13.9. The van der Waals surface area contributed by atoms with Gasteiger partial charge in [0, 0.05) is 0 Å². The molecule has 3 heteroatoms. The van der Waals surface area contributed by atoms with E-state index >= 15 is 0 Å². The highest BCUT2D eigenvalue weighted by Crippen LogP contribution is 2.62. The summed E-state index contributed by atoms with van der Waals surface area (Å²) >= 11 is 0. The number of hydrogen-bond donors (Lipinski definition) is 2. The van der Waals surface area contributed by atoms with Crippen LogP contribution in [0.1, 0.15) is 72.9 Å². The quantitative estimate of drug-likeness (QED) is 0.264. The molecule has 2 aliphatic rings. The standard InChI is InChI=1S/C33H33BO2/c1-3-5-10-22-16-18-24-25-19-17-23(11-6-4-2)21-30(25)33(29(24)20-22)27-13-8-7-12-26(27)32-28(33)14-9-15-31(32)34(35)36/h7-9,12-21,35-36H,3-6,10-11H2,1-2H3. The Bertz CT molecular complexity index is 1390. The Kier molecular flexibility index (Phi) is 5.86. The number of hydrogen-bond acceptors (Lipinski definition) is 2. The number of aryl methyl sites for hydroxylation is 2. The van der Waals surface area contributed by atoms with Crippen LogP contribution in [0.15, 0.2) is 78.9 Å². The van der Waals surface area contributed by atoms with Crippen LogP contribution in [0.2, 0.25) is 0 Å². The summed E-state index contributed by atoms with van der Waals surface area (Å²) in [5, 5.41) is 20.7. The van der Waals surface area contributed by atoms with Gasteiger partial charge in [-0.05, 0) is 86.8 Å². The fraction of sp³-hybridized carbons (Fsp3) is 0.273. The third-order valence-electron chi connectivity index (χ3n) is 8.28. The molecule has 0 bridgehead atoms. The molecule has 0 saturated heterocycles. The molecular formula is C33H33BO2. The van der Waals surface area contributed by atoms with Crippen LogP contribution in [0.4, 0.5) is 0 Å². The topological polar surface area (TPSA) is 40.5 Å². The van der Waals surface area contributed by atoms with Crippen molar-refractivity contribution in [2.24, 2.45) is 0 Å². The van der Waals surface area contributed by atoms with Gasteiger partial charge < -0.3 is 10.0 Å². The lowest BCUT2D eigenvalue weighted by molar-refractivity contribution is 0.426. The number of benzene rings is 4.